The maximum atomic E-state index is 13.5. The molecular weight excluding hydrogens is 239 g/mol. The molecule has 1 aromatic rings. The molecule has 0 saturated heterocycles. The predicted octanol–water partition coefficient (Wildman–Crippen LogP) is 3.73. The Labute approximate surface area is 116 Å². The van der Waals surface area contributed by atoms with Crippen molar-refractivity contribution in [3.8, 4) is 0 Å². The highest BCUT2D eigenvalue weighted by molar-refractivity contribution is 5.56. The Balaban J connectivity index is 2.33. The summed E-state index contributed by atoms with van der Waals surface area (Å²) in [5.41, 5.74) is 2.22. The van der Waals surface area contributed by atoms with Gasteiger partial charge in [-0.2, -0.15) is 0 Å². The summed E-state index contributed by atoms with van der Waals surface area (Å²) in [6.07, 6.45) is 2.67. The molecule has 0 spiro atoms. The van der Waals surface area contributed by atoms with Gasteiger partial charge in [-0.05, 0) is 70.3 Å². The van der Waals surface area contributed by atoms with Crippen LogP contribution < -0.4 is 10.2 Å². The van der Waals surface area contributed by atoms with Crippen LogP contribution in [0.3, 0.4) is 0 Å². The van der Waals surface area contributed by atoms with Crippen molar-refractivity contribution in [3.05, 3.63) is 29.6 Å². The Morgan fingerprint density at radius 2 is 2.00 bits per heavy atom. The summed E-state index contributed by atoms with van der Waals surface area (Å²) in [5, 5.41) is 3.22. The van der Waals surface area contributed by atoms with Gasteiger partial charge in [0.1, 0.15) is 5.82 Å². The predicted molar refractivity (Wildman–Crippen MR) is 79.1 cm³/mol. The molecule has 3 heteroatoms. The number of anilines is 1. The third kappa shape index (κ3) is 3.47. The van der Waals surface area contributed by atoms with Crippen LogP contribution in [0.1, 0.15) is 45.2 Å². The summed E-state index contributed by atoms with van der Waals surface area (Å²) in [4.78, 5) is 2.42. The number of halogens is 1. The summed E-state index contributed by atoms with van der Waals surface area (Å²) in [5.74, 6) is 0.668. The van der Waals surface area contributed by atoms with E-state index in [1.165, 1.54) is 18.5 Å². The fraction of sp³-hybridized carbons (Fsp3) is 0.625. The molecule has 106 valence electrons. The van der Waals surface area contributed by atoms with E-state index in [9.17, 15) is 4.39 Å². The van der Waals surface area contributed by atoms with Gasteiger partial charge in [-0.1, -0.05) is 0 Å². The smallest absolute Gasteiger partial charge is 0.123 e. The number of hydrogen-bond acceptors (Lipinski definition) is 2. The van der Waals surface area contributed by atoms with Gasteiger partial charge in [0.15, 0.2) is 0 Å². The van der Waals surface area contributed by atoms with Gasteiger partial charge in [0.2, 0.25) is 0 Å². The third-order valence-corrected chi connectivity index (χ3v) is 3.97. The first-order valence-corrected chi connectivity index (χ1v) is 7.26. The lowest BCUT2D eigenvalue weighted by Crippen LogP contribution is -2.34. The van der Waals surface area contributed by atoms with Crippen LogP contribution >= 0.6 is 0 Å². The van der Waals surface area contributed by atoms with Crippen LogP contribution in [0.2, 0.25) is 0 Å². The maximum Gasteiger partial charge on any atom is 0.123 e. The molecule has 0 aliphatic heterocycles. The zero-order valence-corrected chi connectivity index (χ0v) is 12.4. The van der Waals surface area contributed by atoms with Crippen LogP contribution in [0, 0.1) is 11.7 Å². The monoisotopic (exact) mass is 264 g/mol. The first kappa shape index (κ1) is 14.3. The minimum Gasteiger partial charge on any atom is -0.369 e. The van der Waals surface area contributed by atoms with E-state index in [0.29, 0.717) is 6.04 Å². The Hall–Kier alpha value is -1.09. The van der Waals surface area contributed by atoms with E-state index < -0.39 is 0 Å². The summed E-state index contributed by atoms with van der Waals surface area (Å²) in [6.45, 7) is 7.58. The standard InChI is InChI=1S/C16H25FN2/c1-11(2)19(10-13-5-6-13)16-8-7-14(17)9-15(16)12(3)18-4/h7-9,11-13,18H,5-6,10H2,1-4H3. The van der Waals surface area contributed by atoms with Crippen LogP contribution in [0.25, 0.3) is 0 Å². The van der Waals surface area contributed by atoms with Crippen molar-refractivity contribution in [1.82, 2.24) is 5.32 Å². The Kier molecular flexibility index (Phi) is 4.46. The topological polar surface area (TPSA) is 15.3 Å². The molecule has 1 aliphatic carbocycles. The molecule has 1 saturated carbocycles. The van der Waals surface area contributed by atoms with Gasteiger partial charge in [-0.3, -0.25) is 0 Å². The zero-order chi connectivity index (χ0) is 14.0. The molecule has 2 nitrogen and oxygen atoms in total. The molecule has 0 aromatic heterocycles. The van der Waals surface area contributed by atoms with Crippen molar-refractivity contribution in [2.24, 2.45) is 5.92 Å². The second-order valence-electron chi connectivity index (χ2n) is 5.90. The lowest BCUT2D eigenvalue weighted by Gasteiger charge is -2.32. The lowest BCUT2D eigenvalue weighted by molar-refractivity contribution is 0.595. The zero-order valence-electron chi connectivity index (χ0n) is 12.4. The van der Waals surface area contributed by atoms with Gasteiger partial charge in [0.25, 0.3) is 0 Å². The Morgan fingerprint density at radius 1 is 1.32 bits per heavy atom. The molecule has 0 heterocycles. The van der Waals surface area contributed by atoms with Crippen molar-refractivity contribution in [1.29, 1.82) is 0 Å². The summed E-state index contributed by atoms with van der Waals surface area (Å²) < 4.78 is 13.5. The fourth-order valence-electron chi connectivity index (χ4n) is 2.46. The van der Waals surface area contributed by atoms with Crippen molar-refractivity contribution in [3.63, 3.8) is 0 Å². The van der Waals surface area contributed by atoms with E-state index in [1.54, 1.807) is 12.1 Å². The quantitative estimate of drug-likeness (QED) is 0.842. The van der Waals surface area contributed by atoms with E-state index in [0.717, 1.165) is 18.0 Å². The van der Waals surface area contributed by atoms with Crippen molar-refractivity contribution >= 4 is 5.69 Å². The van der Waals surface area contributed by atoms with Gasteiger partial charge in [-0.25, -0.2) is 4.39 Å². The van der Waals surface area contributed by atoms with Crippen LogP contribution in [-0.4, -0.2) is 19.6 Å². The number of rotatable bonds is 6. The molecule has 1 N–H and O–H groups in total. The van der Waals surface area contributed by atoms with E-state index in [4.69, 9.17) is 0 Å². The Bertz CT molecular complexity index is 427. The molecule has 2 rings (SSSR count). The van der Waals surface area contributed by atoms with Gasteiger partial charge in [-0.15, -0.1) is 0 Å². The van der Waals surface area contributed by atoms with Gasteiger partial charge in [0.05, 0.1) is 0 Å². The first-order chi connectivity index (χ1) is 9.02. The van der Waals surface area contributed by atoms with E-state index in [1.807, 2.05) is 13.1 Å². The van der Waals surface area contributed by atoms with Gasteiger partial charge in [0, 0.05) is 24.3 Å². The second-order valence-corrected chi connectivity index (χ2v) is 5.90. The van der Waals surface area contributed by atoms with Crippen LogP contribution in [0.4, 0.5) is 10.1 Å². The molecule has 19 heavy (non-hydrogen) atoms. The number of hydrogen-bond donors (Lipinski definition) is 1. The minimum absolute atomic E-state index is 0.157. The summed E-state index contributed by atoms with van der Waals surface area (Å²) in [7, 11) is 1.92. The average Bonchev–Trinajstić information content (AvgIpc) is 3.19. The lowest BCUT2D eigenvalue weighted by atomic mass is 10.0. The first-order valence-electron chi connectivity index (χ1n) is 7.26. The number of benzene rings is 1. The SMILES string of the molecule is CNC(C)c1cc(F)ccc1N(CC1CC1)C(C)C. The van der Waals surface area contributed by atoms with E-state index >= 15 is 0 Å². The normalized spacial score (nSPS) is 16.7. The molecule has 1 aliphatic rings. The Morgan fingerprint density at radius 3 is 2.53 bits per heavy atom. The molecule has 1 unspecified atom stereocenters. The van der Waals surface area contributed by atoms with Crippen molar-refractivity contribution < 1.29 is 4.39 Å². The number of nitrogens with zero attached hydrogens (tertiary/aromatic N) is 1. The maximum absolute atomic E-state index is 13.5. The fourth-order valence-corrected chi connectivity index (χ4v) is 2.46. The molecule has 1 aromatic carbocycles. The van der Waals surface area contributed by atoms with Crippen LogP contribution in [-0.2, 0) is 0 Å². The van der Waals surface area contributed by atoms with Crippen molar-refractivity contribution in [2.75, 3.05) is 18.5 Å². The molecule has 1 fully saturated rings. The molecular formula is C16H25FN2. The van der Waals surface area contributed by atoms with Gasteiger partial charge >= 0.3 is 0 Å². The molecule has 0 radical (unpaired) electrons. The second kappa shape index (κ2) is 5.91. The van der Waals surface area contributed by atoms with Crippen LogP contribution in [0.5, 0.6) is 0 Å². The highest BCUT2D eigenvalue weighted by Crippen LogP contribution is 2.35. The summed E-state index contributed by atoms with van der Waals surface area (Å²) >= 11 is 0. The minimum atomic E-state index is -0.157. The summed E-state index contributed by atoms with van der Waals surface area (Å²) in [6, 6.07) is 5.77. The molecule has 1 atom stereocenters. The van der Waals surface area contributed by atoms with E-state index in [2.05, 4.69) is 31.0 Å². The molecule has 0 amide bonds. The average molecular weight is 264 g/mol. The van der Waals surface area contributed by atoms with Gasteiger partial charge < -0.3 is 10.2 Å². The highest BCUT2D eigenvalue weighted by Gasteiger charge is 2.27. The largest absolute Gasteiger partial charge is 0.369 e. The van der Waals surface area contributed by atoms with E-state index in [-0.39, 0.29) is 11.9 Å². The van der Waals surface area contributed by atoms with Crippen molar-refractivity contribution in [2.45, 2.75) is 45.7 Å². The number of nitrogens with one attached hydrogen (secondary N) is 1. The van der Waals surface area contributed by atoms with Crippen LogP contribution in [0.15, 0.2) is 18.2 Å². The third-order valence-electron chi connectivity index (χ3n) is 3.97. The highest BCUT2D eigenvalue weighted by atomic mass is 19.1. The molecule has 0 bridgehead atoms.